The first-order valence-corrected chi connectivity index (χ1v) is 5.95. The van der Waals surface area contributed by atoms with Gasteiger partial charge in [0.25, 0.3) is 0 Å². The summed E-state index contributed by atoms with van der Waals surface area (Å²) in [4.78, 5) is 0. The maximum Gasteiger partial charge on any atom is 0.127 e. The van der Waals surface area contributed by atoms with Crippen LogP contribution in [0.1, 0.15) is 17.3 Å². The molecule has 0 bridgehead atoms. The van der Waals surface area contributed by atoms with Crippen molar-refractivity contribution in [3.63, 3.8) is 0 Å². The van der Waals surface area contributed by atoms with Crippen LogP contribution < -0.4 is 14.8 Å². The van der Waals surface area contributed by atoms with Gasteiger partial charge in [-0.1, -0.05) is 5.21 Å². The van der Waals surface area contributed by atoms with Gasteiger partial charge in [0.1, 0.15) is 11.5 Å². The first-order chi connectivity index (χ1) is 9.21. The van der Waals surface area contributed by atoms with Crippen LogP contribution in [0.3, 0.4) is 0 Å². The van der Waals surface area contributed by atoms with E-state index >= 15 is 0 Å². The van der Waals surface area contributed by atoms with Gasteiger partial charge in [0.05, 0.1) is 32.2 Å². The van der Waals surface area contributed by atoms with E-state index in [1.54, 1.807) is 25.1 Å². The molecule has 2 rings (SSSR count). The van der Waals surface area contributed by atoms with E-state index in [4.69, 9.17) is 9.47 Å². The summed E-state index contributed by atoms with van der Waals surface area (Å²) < 4.78 is 12.4. The van der Waals surface area contributed by atoms with Crippen molar-refractivity contribution in [2.45, 2.75) is 6.04 Å². The number of nitrogens with zero attached hydrogens (tertiary/aromatic N) is 3. The number of aromatic nitrogens is 3. The third-order valence-corrected chi connectivity index (χ3v) is 3.09. The van der Waals surface area contributed by atoms with Crippen molar-refractivity contribution in [2.24, 2.45) is 7.05 Å². The Kier molecular flexibility index (Phi) is 4.01. The van der Waals surface area contributed by atoms with Gasteiger partial charge < -0.3 is 14.8 Å². The lowest BCUT2D eigenvalue weighted by atomic mass is 10.0. The van der Waals surface area contributed by atoms with Crippen molar-refractivity contribution < 1.29 is 9.47 Å². The molecule has 1 aromatic heterocycles. The highest BCUT2D eigenvalue weighted by molar-refractivity contribution is 5.44. The molecule has 0 saturated carbocycles. The Morgan fingerprint density at radius 2 is 2.05 bits per heavy atom. The lowest BCUT2D eigenvalue weighted by Gasteiger charge is -2.19. The number of hydrogen-bond donors (Lipinski definition) is 1. The first kappa shape index (κ1) is 13.4. The number of methoxy groups -OCH3 is 2. The number of aryl methyl sites for hydroxylation is 1. The highest BCUT2D eigenvalue weighted by Crippen LogP contribution is 2.32. The Bertz CT molecular complexity index is 553. The molecule has 19 heavy (non-hydrogen) atoms. The normalized spacial score (nSPS) is 12.2. The summed E-state index contributed by atoms with van der Waals surface area (Å²) in [6.45, 7) is 0. The minimum atomic E-state index is -0.0409. The average Bonchev–Trinajstić information content (AvgIpc) is 2.86. The molecule has 0 amide bonds. The summed E-state index contributed by atoms with van der Waals surface area (Å²) in [5, 5.41) is 11.1. The number of rotatable bonds is 5. The largest absolute Gasteiger partial charge is 0.497 e. The molecule has 1 heterocycles. The molecule has 0 fully saturated rings. The molecular weight excluding hydrogens is 244 g/mol. The zero-order valence-electron chi connectivity index (χ0n) is 11.5. The summed E-state index contributed by atoms with van der Waals surface area (Å²) in [5.41, 5.74) is 1.97. The number of ether oxygens (including phenoxy) is 2. The van der Waals surface area contributed by atoms with Crippen LogP contribution in [0.15, 0.2) is 24.4 Å². The standard InChI is InChI=1S/C13H18N4O2/c1-14-13(11-8-15-16-17(11)2)10-6-5-9(18-3)7-12(10)19-4/h5-8,13-14H,1-4H3. The molecule has 0 aliphatic carbocycles. The molecule has 6 nitrogen and oxygen atoms in total. The monoisotopic (exact) mass is 262 g/mol. The maximum absolute atomic E-state index is 5.44. The summed E-state index contributed by atoms with van der Waals surface area (Å²) in [6.07, 6.45) is 1.74. The third kappa shape index (κ3) is 2.53. The van der Waals surface area contributed by atoms with Gasteiger partial charge >= 0.3 is 0 Å². The minimum absolute atomic E-state index is 0.0409. The van der Waals surface area contributed by atoms with Crippen LogP contribution in [0, 0.1) is 0 Å². The average molecular weight is 262 g/mol. The second kappa shape index (κ2) is 5.71. The Morgan fingerprint density at radius 1 is 1.26 bits per heavy atom. The Labute approximate surface area is 112 Å². The van der Waals surface area contributed by atoms with E-state index < -0.39 is 0 Å². The Hall–Kier alpha value is -2.08. The van der Waals surface area contributed by atoms with Crippen molar-refractivity contribution >= 4 is 0 Å². The van der Waals surface area contributed by atoms with Crippen LogP contribution in [0.5, 0.6) is 11.5 Å². The van der Waals surface area contributed by atoms with Gasteiger partial charge in [-0.3, -0.25) is 4.68 Å². The molecule has 6 heteroatoms. The summed E-state index contributed by atoms with van der Waals surface area (Å²) in [6, 6.07) is 5.71. The highest BCUT2D eigenvalue weighted by Gasteiger charge is 2.20. The Morgan fingerprint density at radius 3 is 2.58 bits per heavy atom. The van der Waals surface area contributed by atoms with Crippen LogP contribution >= 0.6 is 0 Å². The van der Waals surface area contributed by atoms with Crippen molar-refractivity contribution in [1.82, 2.24) is 20.3 Å². The SMILES string of the molecule is CNC(c1ccc(OC)cc1OC)c1cnnn1C. The quantitative estimate of drug-likeness (QED) is 0.875. The molecule has 0 aliphatic heterocycles. The number of benzene rings is 1. The molecule has 1 aromatic carbocycles. The van der Waals surface area contributed by atoms with Crippen LogP contribution in [0.4, 0.5) is 0 Å². The third-order valence-electron chi connectivity index (χ3n) is 3.09. The smallest absolute Gasteiger partial charge is 0.127 e. The summed E-state index contributed by atoms with van der Waals surface area (Å²) in [7, 11) is 7.03. The lowest BCUT2D eigenvalue weighted by Crippen LogP contribution is -2.21. The lowest BCUT2D eigenvalue weighted by molar-refractivity contribution is 0.387. The van der Waals surface area contributed by atoms with Crippen molar-refractivity contribution in [3.8, 4) is 11.5 Å². The molecule has 1 unspecified atom stereocenters. The van der Waals surface area contributed by atoms with Gasteiger partial charge in [-0.05, 0) is 19.2 Å². The van der Waals surface area contributed by atoms with Crippen LogP contribution in [-0.2, 0) is 7.05 Å². The fourth-order valence-corrected chi connectivity index (χ4v) is 2.08. The summed E-state index contributed by atoms with van der Waals surface area (Å²) >= 11 is 0. The highest BCUT2D eigenvalue weighted by atomic mass is 16.5. The van der Waals surface area contributed by atoms with Gasteiger partial charge in [0.2, 0.25) is 0 Å². The van der Waals surface area contributed by atoms with Gasteiger partial charge in [0.15, 0.2) is 0 Å². The minimum Gasteiger partial charge on any atom is -0.497 e. The van der Waals surface area contributed by atoms with Crippen LogP contribution in [-0.4, -0.2) is 36.3 Å². The van der Waals surface area contributed by atoms with E-state index in [0.717, 1.165) is 22.8 Å². The number of nitrogens with one attached hydrogen (secondary N) is 1. The topological polar surface area (TPSA) is 61.2 Å². The van der Waals surface area contributed by atoms with Crippen molar-refractivity contribution in [3.05, 3.63) is 35.7 Å². The molecule has 0 radical (unpaired) electrons. The molecule has 2 aromatic rings. The fourth-order valence-electron chi connectivity index (χ4n) is 2.08. The molecule has 1 atom stereocenters. The predicted octanol–water partition coefficient (Wildman–Crippen LogP) is 1.14. The predicted molar refractivity (Wildman–Crippen MR) is 71.5 cm³/mol. The second-order valence-corrected chi connectivity index (χ2v) is 4.11. The van der Waals surface area contributed by atoms with E-state index in [1.807, 2.05) is 32.3 Å². The molecule has 1 N–H and O–H groups in total. The van der Waals surface area contributed by atoms with E-state index in [1.165, 1.54) is 0 Å². The van der Waals surface area contributed by atoms with E-state index in [-0.39, 0.29) is 6.04 Å². The fraction of sp³-hybridized carbons (Fsp3) is 0.385. The van der Waals surface area contributed by atoms with E-state index in [0.29, 0.717) is 0 Å². The zero-order chi connectivity index (χ0) is 13.8. The molecule has 102 valence electrons. The van der Waals surface area contributed by atoms with E-state index in [9.17, 15) is 0 Å². The van der Waals surface area contributed by atoms with Crippen molar-refractivity contribution in [2.75, 3.05) is 21.3 Å². The van der Waals surface area contributed by atoms with Crippen LogP contribution in [0.2, 0.25) is 0 Å². The zero-order valence-corrected chi connectivity index (χ0v) is 11.5. The molecule has 0 aliphatic rings. The van der Waals surface area contributed by atoms with E-state index in [2.05, 4.69) is 15.6 Å². The van der Waals surface area contributed by atoms with Gasteiger partial charge in [0, 0.05) is 18.7 Å². The Balaban J connectivity index is 2.46. The van der Waals surface area contributed by atoms with Gasteiger partial charge in [-0.25, -0.2) is 0 Å². The van der Waals surface area contributed by atoms with Gasteiger partial charge in [-0.15, -0.1) is 5.10 Å². The first-order valence-electron chi connectivity index (χ1n) is 5.95. The molecular formula is C13H18N4O2. The maximum atomic E-state index is 5.44. The second-order valence-electron chi connectivity index (χ2n) is 4.11. The van der Waals surface area contributed by atoms with Crippen molar-refractivity contribution in [1.29, 1.82) is 0 Å². The molecule has 0 saturated heterocycles. The van der Waals surface area contributed by atoms with Crippen LogP contribution in [0.25, 0.3) is 0 Å². The van der Waals surface area contributed by atoms with Gasteiger partial charge in [-0.2, -0.15) is 0 Å². The summed E-state index contributed by atoms with van der Waals surface area (Å²) in [5.74, 6) is 1.53. The molecule has 0 spiro atoms. The number of hydrogen-bond acceptors (Lipinski definition) is 5.